The van der Waals surface area contributed by atoms with Crippen LogP contribution in [-0.4, -0.2) is 43.8 Å². The number of fused-ring (bicyclic) bond motifs is 1. The second-order valence-electron chi connectivity index (χ2n) is 5.50. The third-order valence-corrected chi connectivity index (χ3v) is 5.85. The van der Waals surface area contributed by atoms with E-state index in [0.717, 1.165) is 10.8 Å². The molecule has 1 aliphatic rings. The van der Waals surface area contributed by atoms with Gasteiger partial charge in [-0.25, -0.2) is 8.42 Å². The van der Waals surface area contributed by atoms with Gasteiger partial charge in [0.15, 0.2) is 9.84 Å². The van der Waals surface area contributed by atoms with Crippen molar-refractivity contribution in [1.82, 2.24) is 4.90 Å². The Hall–Kier alpha value is -1.88. The summed E-state index contributed by atoms with van der Waals surface area (Å²) < 4.78 is 23.2. The van der Waals surface area contributed by atoms with Crippen LogP contribution in [0.3, 0.4) is 0 Å². The van der Waals surface area contributed by atoms with Gasteiger partial charge in [-0.05, 0) is 23.3 Å². The number of amides is 1. The fourth-order valence-corrected chi connectivity index (χ4v) is 4.62. The highest BCUT2D eigenvalue weighted by molar-refractivity contribution is 7.91. The Labute approximate surface area is 124 Å². The van der Waals surface area contributed by atoms with Crippen molar-refractivity contribution < 1.29 is 13.2 Å². The largest absolute Gasteiger partial charge is 0.338 e. The summed E-state index contributed by atoms with van der Waals surface area (Å²) in [6.07, 6.45) is 0.523. The molecule has 1 saturated heterocycles. The van der Waals surface area contributed by atoms with Gasteiger partial charge in [-0.1, -0.05) is 36.4 Å². The first kappa shape index (κ1) is 14.1. The molecule has 0 spiro atoms. The van der Waals surface area contributed by atoms with E-state index in [0.29, 0.717) is 12.0 Å². The average molecular weight is 303 g/mol. The molecule has 1 unspecified atom stereocenters. The number of hydrogen-bond donors (Lipinski definition) is 0. The van der Waals surface area contributed by atoms with Crippen LogP contribution in [0.5, 0.6) is 0 Å². The number of nitrogens with zero attached hydrogens (tertiary/aromatic N) is 1. The summed E-state index contributed by atoms with van der Waals surface area (Å²) in [5.41, 5.74) is 0.625. The molecule has 1 heterocycles. The summed E-state index contributed by atoms with van der Waals surface area (Å²) in [4.78, 5) is 14.3. The zero-order chi connectivity index (χ0) is 15.0. The lowest BCUT2D eigenvalue weighted by atomic mass is 10.0. The molecule has 0 saturated carbocycles. The SMILES string of the molecule is CN(C(=O)c1cccc2ccccc12)C1CCS(=O)(=O)C1. The van der Waals surface area contributed by atoms with Gasteiger partial charge in [-0.15, -0.1) is 0 Å². The number of carbonyl (C=O) groups is 1. The molecule has 2 aromatic rings. The van der Waals surface area contributed by atoms with E-state index in [9.17, 15) is 13.2 Å². The third-order valence-electron chi connectivity index (χ3n) is 4.10. The molecule has 5 heteroatoms. The highest BCUT2D eigenvalue weighted by Crippen LogP contribution is 2.23. The molecule has 1 fully saturated rings. The molecule has 1 aliphatic heterocycles. The molecular weight excluding hydrogens is 286 g/mol. The highest BCUT2D eigenvalue weighted by Gasteiger charge is 2.33. The zero-order valence-corrected chi connectivity index (χ0v) is 12.6. The topological polar surface area (TPSA) is 54.5 Å². The molecule has 110 valence electrons. The molecule has 21 heavy (non-hydrogen) atoms. The maximum Gasteiger partial charge on any atom is 0.254 e. The smallest absolute Gasteiger partial charge is 0.254 e. The summed E-state index contributed by atoms with van der Waals surface area (Å²) in [6.45, 7) is 0. The van der Waals surface area contributed by atoms with E-state index in [4.69, 9.17) is 0 Å². The van der Waals surface area contributed by atoms with Crippen molar-refractivity contribution in [2.75, 3.05) is 18.6 Å². The number of carbonyl (C=O) groups excluding carboxylic acids is 1. The minimum atomic E-state index is -2.99. The van der Waals surface area contributed by atoms with Gasteiger partial charge in [0.05, 0.1) is 11.5 Å². The van der Waals surface area contributed by atoms with Crippen LogP contribution >= 0.6 is 0 Å². The van der Waals surface area contributed by atoms with Gasteiger partial charge >= 0.3 is 0 Å². The van der Waals surface area contributed by atoms with Crippen LogP contribution in [0.1, 0.15) is 16.8 Å². The molecule has 3 rings (SSSR count). The molecule has 1 amide bonds. The van der Waals surface area contributed by atoms with E-state index in [1.807, 2.05) is 36.4 Å². The van der Waals surface area contributed by atoms with Crippen LogP contribution < -0.4 is 0 Å². The second-order valence-corrected chi connectivity index (χ2v) is 7.73. The van der Waals surface area contributed by atoms with Crippen LogP contribution in [0.2, 0.25) is 0 Å². The lowest BCUT2D eigenvalue weighted by molar-refractivity contribution is 0.0749. The fourth-order valence-electron chi connectivity index (χ4n) is 2.85. The van der Waals surface area contributed by atoms with Gasteiger partial charge in [0.25, 0.3) is 5.91 Å². The summed E-state index contributed by atoms with van der Waals surface area (Å²) >= 11 is 0. The van der Waals surface area contributed by atoms with E-state index in [1.54, 1.807) is 18.0 Å². The van der Waals surface area contributed by atoms with Crippen molar-refractivity contribution in [3.8, 4) is 0 Å². The van der Waals surface area contributed by atoms with E-state index in [1.165, 1.54) is 0 Å². The third kappa shape index (κ3) is 2.65. The number of hydrogen-bond acceptors (Lipinski definition) is 3. The summed E-state index contributed by atoms with van der Waals surface area (Å²) in [5.74, 6) is 0.124. The fraction of sp³-hybridized carbons (Fsp3) is 0.312. The van der Waals surface area contributed by atoms with Gasteiger partial charge < -0.3 is 4.90 Å². The maximum absolute atomic E-state index is 12.7. The lowest BCUT2D eigenvalue weighted by Gasteiger charge is -2.24. The molecule has 4 nitrogen and oxygen atoms in total. The Bertz CT molecular complexity index is 793. The predicted molar refractivity (Wildman–Crippen MR) is 83.1 cm³/mol. The molecule has 1 atom stereocenters. The molecular formula is C16H17NO3S. The Morgan fingerprint density at radius 1 is 1.14 bits per heavy atom. The summed E-state index contributed by atoms with van der Waals surface area (Å²) in [5, 5.41) is 1.91. The Kier molecular flexibility index (Phi) is 3.45. The quantitative estimate of drug-likeness (QED) is 0.853. The number of rotatable bonds is 2. The van der Waals surface area contributed by atoms with Gasteiger partial charge in [0.2, 0.25) is 0 Å². The standard InChI is InChI=1S/C16H17NO3S/c1-17(13-9-10-21(19,20)11-13)16(18)15-8-4-6-12-5-2-3-7-14(12)15/h2-8,13H,9-11H2,1H3. The first-order valence-electron chi connectivity index (χ1n) is 6.93. The second kappa shape index (κ2) is 5.15. The van der Waals surface area contributed by atoms with Crippen molar-refractivity contribution in [1.29, 1.82) is 0 Å². The maximum atomic E-state index is 12.7. The molecule has 0 radical (unpaired) electrons. The molecule has 2 aromatic carbocycles. The minimum absolute atomic E-state index is 0.0695. The van der Waals surface area contributed by atoms with Crippen molar-refractivity contribution in [2.45, 2.75) is 12.5 Å². The van der Waals surface area contributed by atoms with Crippen molar-refractivity contribution >= 4 is 26.5 Å². The monoisotopic (exact) mass is 303 g/mol. The van der Waals surface area contributed by atoms with Gasteiger partial charge in [-0.3, -0.25) is 4.79 Å². The summed E-state index contributed by atoms with van der Waals surface area (Å²) in [7, 11) is -1.30. The first-order valence-corrected chi connectivity index (χ1v) is 8.75. The molecule has 0 bridgehead atoms. The van der Waals surface area contributed by atoms with Crippen LogP contribution in [0.15, 0.2) is 42.5 Å². The Morgan fingerprint density at radius 2 is 1.86 bits per heavy atom. The molecule has 0 aromatic heterocycles. The molecule has 0 N–H and O–H groups in total. The predicted octanol–water partition coefficient (Wildman–Crippen LogP) is 2.10. The average Bonchev–Trinajstić information content (AvgIpc) is 2.85. The van der Waals surface area contributed by atoms with E-state index < -0.39 is 9.84 Å². The van der Waals surface area contributed by atoms with Crippen LogP contribution in [0.4, 0.5) is 0 Å². The lowest BCUT2D eigenvalue weighted by Crippen LogP contribution is -2.37. The van der Waals surface area contributed by atoms with Gasteiger partial charge in [0, 0.05) is 18.7 Å². The van der Waals surface area contributed by atoms with Crippen LogP contribution in [-0.2, 0) is 9.84 Å². The van der Waals surface area contributed by atoms with E-state index >= 15 is 0 Å². The molecule has 0 aliphatic carbocycles. The normalized spacial score (nSPS) is 20.5. The number of sulfone groups is 1. The van der Waals surface area contributed by atoms with E-state index in [-0.39, 0.29) is 23.5 Å². The first-order chi connectivity index (χ1) is 9.98. The minimum Gasteiger partial charge on any atom is -0.338 e. The van der Waals surface area contributed by atoms with E-state index in [2.05, 4.69) is 0 Å². The highest BCUT2D eigenvalue weighted by atomic mass is 32.2. The van der Waals surface area contributed by atoms with Crippen LogP contribution in [0.25, 0.3) is 10.8 Å². The number of benzene rings is 2. The summed E-state index contributed by atoms with van der Waals surface area (Å²) in [6, 6.07) is 13.1. The van der Waals surface area contributed by atoms with Gasteiger partial charge in [-0.2, -0.15) is 0 Å². The van der Waals surface area contributed by atoms with Crippen molar-refractivity contribution in [3.05, 3.63) is 48.0 Å². The van der Waals surface area contributed by atoms with Gasteiger partial charge in [0.1, 0.15) is 0 Å². The van der Waals surface area contributed by atoms with Crippen LogP contribution in [0, 0.1) is 0 Å². The van der Waals surface area contributed by atoms with Crippen molar-refractivity contribution in [3.63, 3.8) is 0 Å². The Morgan fingerprint density at radius 3 is 2.57 bits per heavy atom. The zero-order valence-electron chi connectivity index (χ0n) is 11.8. The Balaban J connectivity index is 1.94. The van der Waals surface area contributed by atoms with Crippen molar-refractivity contribution in [2.24, 2.45) is 0 Å².